The minimum atomic E-state index is -2.54. The van der Waals surface area contributed by atoms with Crippen LogP contribution in [-0.2, 0) is 20.6 Å². The predicted octanol–water partition coefficient (Wildman–Crippen LogP) is -1.61. The number of hydrogen-bond donors (Lipinski definition) is 4. The molecule has 0 spiro atoms. The number of aliphatic hydroxyl groups is 2. The highest BCUT2D eigenvalue weighted by molar-refractivity contribution is 7.25. The van der Waals surface area contributed by atoms with E-state index in [1.807, 2.05) is 0 Å². The molecule has 0 saturated carbocycles. The van der Waals surface area contributed by atoms with Crippen LogP contribution in [0.4, 0.5) is 11.8 Å². The third-order valence-electron chi connectivity index (χ3n) is 3.14. The van der Waals surface area contributed by atoms with Crippen LogP contribution in [0.5, 0.6) is 0 Å². The van der Waals surface area contributed by atoms with E-state index in [9.17, 15) is 14.8 Å². The summed E-state index contributed by atoms with van der Waals surface area (Å²) in [5.74, 6) is 0.186. The average Bonchev–Trinajstić information content (AvgIpc) is 3.08. The summed E-state index contributed by atoms with van der Waals surface area (Å²) in [6.45, 7) is 0.356. The zero-order valence-electron chi connectivity index (χ0n) is 11.2. The van der Waals surface area contributed by atoms with Crippen molar-refractivity contribution in [2.45, 2.75) is 24.5 Å². The number of nitrogen functional groups attached to an aromatic ring is 2. The molecule has 3 rings (SSSR count). The Labute approximate surface area is 125 Å². The van der Waals surface area contributed by atoms with Gasteiger partial charge in [0.05, 0.1) is 19.5 Å². The molecule has 3 heterocycles. The van der Waals surface area contributed by atoms with Crippen LogP contribution < -0.4 is 11.5 Å². The van der Waals surface area contributed by atoms with Gasteiger partial charge in [0.15, 0.2) is 11.5 Å². The Kier molecular flexibility index (Phi) is 3.67. The van der Waals surface area contributed by atoms with Crippen molar-refractivity contribution >= 4 is 31.4 Å². The largest absolute Gasteiger partial charge is 0.420 e. The van der Waals surface area contributed by atoms with E-state index in [4.69, 9.17) is 20.9 Å². The van der Waals surface area contributed by atoms with Gasteiger partial charge in [-0.15, -0.1) is 0 Å². The lowest BCUT2D eigenvalue weighted by Gasteiger charge is -2.15. The van der Waals surface area contributed by atoms with E-state index in [2.05, 4.69) is 15.0 Å². The molecule has 0 amide bonds. The van der Waals surface area contributed by atoms with Crippen molar-refractivity contribution < 1.29 is 24.3 Å². The molecule has 118 valence electrons. The summed E-state index contributed by atoms with van der Waals surface area (Å²) in [6, 6.07) is 0. The molecular formula is C10H14N6O5P+. The maximum atomic E-state index is 10.7. The quantitative estimate of drug-likeness (QED) is 0.378. The van der Waals surface area contributed by atoms with Gasteiger partial charge in [0.25, 0.3) is 6.29 Å². The topological polar surface area (TPSA) is 172 Å². The van der Waals surface area contributed by atoms with E-state index in [0.717, 1.165) is 0 Å². The molecule has 1 fully saturated rings. The molecule has 12 heteroatoms. The summed E-state index contributed by atoms with van der Waals surface area (Å²) in [5, 5.41) is 18.9. The predicted molar refractivity (Wildman–Crippen MR) is 74.9 cm³/mol. The first-order valence-electron chi connectivity index (χ1n) is 6.25. The Hall–Kier alpha value is -1.91. The highest BCUT2D eigenvalue weighted by atomic mass is 31.1. The third-order valence-corrected chi connectivity index (χ3v) is 3.67. The second-order valence-corrected chi connectivity index (χ2v) is 5.73. The lowest BCUT2D eigenvalue weighted by atomic mass is 10.4. The molecule has 1 saturated heterocycles. The van der Waals surface area contributed by atoms with E-state index in [1.165, 1.54) is 6.33 Å². The molecule has 6 N–H and O–H groups in total. The molecule has 1 unspecified atom stereocenters. The van der Waals surface area contributed by atoms with Crippen LogP contribution >= 0.6 is 8.46 Å². The lowest BCUT2D eigenvalue weighted by Crippen LogP contribution is -2.37. The highest BCUT2D eigenvalue weighted by Crippen LogP contribution is 2.29. The normalized spacial score (nSPS) is 22.6. The zero-order chi connectivity index (χ0) is 15.9. The van der Waals surface area contributed by atoms with Crippen LogP contribution in [0.1, 0.15) is 0 Å². The number of rotatable bonds is 4. The van der Waals surface area contributed by atoms with Gasteiger partial charge in [0.1, 0.15) is 11.6 Å². The van der Waals surface area contributed by atoms with Gasteiger partial charge in [-0.3, -0.25) is 0 Å². The molecule has 2 aromatic rings. The first-order chi connectivity index (χ1) is 10.4. The lowest BCUT2D eigenvalue weighted by molar-refractivity contribution is -0.237. The maximum Gasteiger partial charge on any atom is 0.420 e. The zero-order valence-corrected chi connectivity index (χ0v) is 12.2. The number of nitrogens with zero attached hydrogens (tertiary/aromatic N) is 4. The number of fused-ring (bicyclic) bond motifs is 1. The first-order valence-corrected chi connectivity index (χ1v) is 7.16. The Morgan fingerprint density at radius 1 is 1.45 bits per heavy atom. The minimum Gasteiger partial charge on any atom is -0.382 e. The molecule has 3 atom stereocenters. The fraction of sp³-hybridized carbons (Fsp3) is 0.500. The Morgan fingerprint density at radius 2 is 2.23 bits per heavy atom. The molecule has 11 nitrogen and oxygen atoms in total. The Bertz CT molecular complexity index is 721. The smallest absolute Gasteiger partial charge is 0.382 e. The maximum absolute atomic E-state index is 10.7. The van der Waals surface area contributed by atoms with E-state index in [1.54, 1.807) is 4.57 Å². The summed E-state index contributed by atoms with van der Waals surface area (Å²) < 4.78 is 22.8. The molecule has 1 aliphatic heterocycles. The fourth-order valence-corrected chi connectivity index (χ4v) is 2.39. The average molecular weight is 329 g/mol. The van der Waals surface area contributed by atoms with Crippen molar-refractivity contribution in [3.63, 3.8) is 0 Å². The Morgan fingerprint density at radius 3 is 2.95 bits per heavy atom. The standard InChI is InChI=1S/C10H13N6O5P/c11-6-5-7(15-9(12)14-6)16(3-13-5)1-4-2-20-8(21-4)10(17,18)22-19/h3-4,8,17-18H,1-2H2,(H4,11,12,14,15)/p+1/t4-,8-/m0/s1. The molecule has 1 aliphatic rings. The molecule has 0 aromatic carbocycles. The van der Waals surface area contributed by atoms with Crippen molar-refractivity contribution in [3.8, 4) is 0 Å². The van der Waals surface area contributed by atoms with Gasteiger partial charge in [-0.25, -0.2) is 4.98 Å². The number of nitrogens with two attached hydrogens (primary N) is 2. The summed E-state index contributed by atoms with van der Waals surface area (Å²) in [4.78, 5) is 12.0. The van der Waals surface area contributed by atoms with Crippen molar-refractivity contribution in [1.29, 1.82) is 0 Å². The van der Waals surface area contributed by atoms with E-state index < -0.39 is 26.4 Å². The highest BCUT2D eigenvalue weighted by Gasteiger charge is 2.50. The first kappa shape index (κ1) is 15.0. The number of imidazole rings is 1. The van der Waals surface area contributed by atoms with Gasteiger partial charge in [-0.2, -0.15) is 9.97 Å². The molecule has 0 aliphatic carbocycles. The van der Waals surface area contributed by atoms with Gasteiger partial charge in [-0.05, 0) is 0 Å². The fourth-order valence-electron chi connectivity index (χ4n) is 2.14. The van der Waals surface area contributed by atoms with Gasteiger partial charge in [0.2, 0.25) is 5.95 Å². The van der Waals surface area contributed by atoms with Gasteiger partial charge in [-0.1, -0.05) is 4.57 Å². The summed E-state index contributed by atoms with van der Waals surface area (Å²) in [7, 11) is -1.40. The number of aromatic nitrogens is 4. The minimum absolute atomic E-state index is 0.0190. The Balaban J connectivity index is 1.79. The molecule has 0 bridgehead atoms. The van der Waals surface area contributed by atoms with Crippen molar-refractivity contribution in [3.05, 3.63) is 6.33 Å². The van der Waals surface area contributed by atoms with Crippen LogP contribution in [0.2, 0.25) is 0 Å². The third kappa shape index (κ3) is 2.60. The molecule has 0 radical (unpaired) electrons. The van der Waals surface area contributed by atoms with Crippen LogP contribution in [0.15, 0.2) is 6.33 Å². The van der Waals surface area contributed by atoms with Crippen LogP contribution in [0, 0.1) is 0 Å². The second kappa shape index (κ2) is 5.38. The van der Waals surface area contributed by atoms with E-state index in [-0.39, 0.29) is 24.9 Å². The summed E-state index contributed by atoms with van der Waals surface area (Å²) in [6.07, 6.45) is -0.394. The molecule has 2 aromatic heterocycles. The van der Waals surface area contributed by atoms with Gasteiger partial charge in [0, 0.05) is 0 Å². The van der Waals surface area contributed by atoms with Crippen LogP contribution in [0.3, 0.4) is 0 Å². The SMILES string of the molecule is Nc1nc(N)c2ncn(C[C@H]3CO[C@H](C(O)(O)[PH+]=O)O3)c2n1. The molecule has 22 heavy (non-hydrogen) atoms. The van der Waals surface area contributed by atoms with Crippen molar-refractivity contribution in [2.24, 2.45) is 0 Å². The van der Waals surface area contributed by atoms with Crippen LogP contribution in [0.25, 0.3) is 11.2 Å². The number of anilines is 2. The number of hydrogen-bond acceptors (Lipinski definition) is 10. The summed E-state index contributed by atoms with van der Waals surface area (Å²) in [5.41, 5.74) is 9.57. The van der Waals surface area contributed by atoms with Gasteiger partial charge < -0.3 is 35.7 Å². The van der Waals surface area contributed by atoms with E-state index >= 15 is 0 Å². The van der Waals surface area contributed by atoms with E-state index in [0.29, 0.717) is 11.2 Å². The van der Waals surface area contributed by atoms with Crippen molar-refractivity contribution in [2.75, 3.05) is 18.1 Å². The van der Waals surface area contributed by atoms with Crippen LogP contribution in [-0.4, -0.2) is 54.3 Å². The van der Waals surface area contributed by atoms with Crippen molar-refractivity contribution in [1.82, 2.24) is 19.5 Å². The van der Waals surface area contributed by atoms with Gasteiger partial charge >= 0.3 is 14.0 Å². The second-order valence-electron chi connectivity index (χ2n) is 4.79. The summed E-state index contributed by atoms with van der Waals surface area (Å²) >= 11 is 0. The molecular weight excluding hydrogens is 315 g/mol. The number of ether oxygens (including phenoxy) is 2. The monoisotopic (exact) mass is 329 g/mol.